The molecule has 8 heteroatoms. The summed E-state index contributed by atoms with van der Waals surface area (Å²) < 4.78 is 0. The van der Waals surface area contributed by atoms with Crippen LogP contribution in [-0.2, 0) is 4.79 Å². The first kappa shape index (κ1) is 14.2. The van der Waals surface area contributed by atoms with E-state index >= 15 is 0 Å². The first-order chi connectivity index (χ1) is 9.56. The number of hydrogen-bond donors (Lipinski definition) is 3. The number of phenols is 1. The Hall–Kier alpha value is -2.22. The minimum absolute atomic E-state index is 0.0492. The van der Waals surface area contributed by atoms with E-state index in [2.05, 4.69) is 10.6 Å². The maximum atomic E-state index is 11.6. The van der Waals surface area contributed by atoms with Crippen molar-refractivity contribution in [2.24, 2.45) is 0 Å². The third-order valence-corrected chi connectivity index (χ3v) is 3.42. The highest BCUT2D eigenvalue weighted by atomic mass is 32.2. The van der Waals surface area contributed by atoms with E-state index in [0.29, 0.717) is 5.69 Å². The zero-order valence-electron chi connectivity index (χ0n) is 10.5. The van der Waals surface area contributed by atoms with Crippen LogP contribution in [0.3, 0.4) is 0 Å². The van der Waals surface area contributed by atoms with Crippen LogP contribution in [0.25, 0.3) is 0 Å². The van der Waals surface area contributed by atoms with Crippen molar-refractivity contribution >= 4 is 34.6 Å². The summed E-state index contributed by atoms with van der Waals surface area (Å²) in [5.41, 5.74) is 0.450. The number of urea groups is 1. The van der Waals surface area contributed by atoms with Gasteiger partial charge in [-0.15, -0.1) is 0 Å². The second-order valence-corrected chi connectivity index (χ2v) is 4.96. The van der Waals surface area contributed by atoms with E-state index in [1.807, 2.05) is 0 Å². The van der Waals surface area contributed by atoms with Gasteiger partial charge in [-0.1, -0.05) is 17.8 Å². The standard InChI is InChI=1S/C12H13N3O4S/c16-9-3-1-2-8(6-9)14-11(18)13-4-5-15-10(17)7-20-12(15)19/h1-3,6,16H,4-5,7H2,(H2,13,14,18). The van der Waals surface area contributed by atoms with E-state index in [4.69, 9.17) is 0 Å². The minimum Gasteiger partial charge on any atom is -0.508 e. The fraction of sp³-hybridized carbons (Fsp3) is 0.250. The fourth-order valence-electron chi connectivity index (χ4n) is 1.64. The molecule has 0 spiro atoms. The molecule has 4 amide bonds. The molecule has 1 aliphatic heterocycles. The van der Waals surface area contributed by atoms with E-state index in [1.165, 1.54) is 12.1 Å². The van der Waals surface area contributed by atoms with Crippen molar-refractivity contribution in [2.75, 3.05) is 24.2 Å². The molecule has 2 rings (SSSR count). The lowest BCUT2D eigenvalue weighted by atomic mass is 10.3. The Morgan fingerprint density at radius 2 is 2.20 bits per heavy atom. The van der Waals surface area contributed by atoms with Gasteiger partial charge in [-0.25, -0.2) is 4.79 Å². The first-order valence-corrected chi connectivity index (χ1v) is 6.86. The smallest absolute Gasteiger partial charge is 0.319 e. The number of amides is 4. The topological polar surface area (TPSA) is 98.7 Å². The first-order valence-electron chi connectivity index (χ1n) is 5.87. The molecule has 0 unspecified atom stereocenters. The lowest BCUT2D eigenvalue weighted by Crippen LogP contribution is -2.38. The summed E-state index contributed by atoms with van der Waals surface area (Å²) >= 11 is 0.958. The number of nitrogens with one attached hydrogen (secondary N) is 2. The van der Waals surface area contributed by atoms with E-state index in [0.717, 1.165) is 16.7 Å². The molecule has 106 valence electrons. The second kappa shape index (κ2) is 6.29. The van der Waals surface area contributed by atoms with Crippen molar-refractivity contribution < 1.29 is 19.5 Å². The fourth-order valence-corrected chi connectivity index (χ4v) is 2.39. The van der Waals surface area contributed by atoms with Gasteiger partial charge in [-0.05, 0) is 12.1 Å². The van der Waals surface area contributed by atoms with Crippen LogP contribution < -0.4 is 10.6 Å². The summed E-state index contributed by atoms with van der Waals surface area (Å²) in [4.78, 5) is 35.3. The van der Waals surface area contributed by atoms with Gasteiger partial charge in [0.25, 0.3) is 5.24 Å². The van der Waals surface area contributed by atoms with Crippen LogP contribution in [0.5, 0.6) is 5.75 Å². The number of thioether (sulfide) groups is 1. The van der Waals surface area contributed by atoms with Crippen molar-refractivity contribution in [3.05, 3.63) is 24.3 Å². The highest BCUT2D eigenvalue weighted by molar-refractivity contribution is 8.14. The Morgan fingerprint density at radius 1 is 1.40 bits per heavy atom. The maximum Gasteiger partial charge on any atom is 0.319 e. The van der Waals surface area contributed by atoms with Gasteiger partial charge in [-0.2, -0.15) is 0 Å². The number of benzene rings is 1. The number of aromatic hydroxyl groups is 1. The van der Waals surface area contributed by atoms with E-state index in [-0.39, 0.29) is 35.7 Å². The number of carbonyl (C=O) groups excluding carboxylic acids is 3. The molecule has 1 aromatic rings. The molecule has 1 aliphatic rings. The van der Waals surface area contributed by atoms with Crippen LogP contribution >= 0.6 is 11.8 Å². The normalized spacial score (nSPS) is 14.5. The Kier molecular flexibility index (Phi) is 4.46. The molecule has 0 radical (unpaired) electrons. The third-order valence-electron chi connectivity index (χ3n) is 2.57. The van der Waals surface area contributed by atoms with Crippen molar-refractivity contribution in [3.63, 3.8) is 0 Å². The molecule has 1 fully saturated rings. The number of phenolic OH excluding ortho intramolecular Hbond substituents is 1. The summed E-state index contributed by atoms with van der Waals surface area (Å²) in [5.74, 6) is -0.0304. The van der Waals surface area contributed by atoms with Gasteiger partial charge in [0, 0.05) is 24.8 Å². The number of hydrogen-bond acceptors (Lipinski definition) is 5. The zero-order chi connectivity index (χ0) is 14.5. The summed E-state index contributed by atoms with van der Waals surface area (Å²) in [6.07, 6.45) is 0. The van der Waals surface area contributed by atoms with Crippen LogP contribution in [0.15, 0.2) is 24.3 Å². The molecular weight excluding hydrogens is 282 g/mol. The molecular formula is C12H13N3O4S. The van der Waals surface area contributed by atoms with Crippen molar-refractivity contribution in [1.29, 1.82) is 0 Å². The van der Waals surface area contributed by atoms with E-state index in [1.54, 1.807) is 12.1 Å². The summed E-state index contributed by atoms with van der Waals surface area (Å²) in [6.45, 7) is 0.320. The Morgan fingerprint density at radius 3 is 2.85 bits per heavy atom. The van der Waals surface area contributed by atoms with Crippen LogP contribution in [-0.4, -0.2) is 46.0 Å². The molecule has 1 heterocycles. The molecule has 0 bridgehead atoms. The predicted octanol–water partition coefficient (Wildman–Crippen LogP) is 1.21. The van der Waals surface area contributed by atoms with Gasteiger partial charge < -0.3 is 15.7 Å². The quantitative estimate of drug-likeness (QED) is 0.775. The lowest BCUT2D eigenvalue weighted by molar-refractivity contribution is -0.124. The minimum atomic E-state index is -0.470. The summed E-state index contributed by atoms with van der Waals surface area (Å²) in [6, 6.07) is 5.66. The van der Waals surface area contributed by atoms with E-state index < -0.39 is 6.03 Å². The van der Waals surface area contributed by atoms with Crippen molar-refractivity contribution in [3.8, 4) is 5.75 Å². The molecule has 0 atom stereocenters. The van der Waals surface area contributed by atoms with Crippen molar-refractivity contribution in [1.82, 2.24) is 10.2 Å². The highest BCUT2D eigenvalue weighted by Crippen LogP contribution is 2.18. The number of nitrogens with zero attached hydrogens (tertiary/aromatic N) is 1. The SMILES string of the molecule is O=C(NCCN1C(=O)CSC1=O)Nc1cccc(O)c1. The molecule has 0 aliphatic carbocycles. The van der Waals surface area contributed by atoms with Crippen LogP contribution in [0.1, 0.15) is 0 Å². The van der Waals surface area contributed by atoms with Crippen LogP contribution in [0.2, 0.25) is 0 Å². The van der Waals surface area contributed by atoms with Gasteiger partial charge in [0.05, 0.1) is 5.75 Å². The highest BCUT2D eigenvalue weighted by Gasteiger charge is 2.29. The average Bonchev–Trinajstić information content (AvgIpc) is 2.70. The van der Waals surface area contributed by atoms with Gasteiger partial charge in [0.2, 0.25) is 5.91 Å². The molecule has 1 aromatic carbocycles. The monoisotopic (exact) mass is 295 g/mol. The number of carbonyl (C=O) groups is 3. The zero-order valence-corrected chi connectivity index (χ0v) is 11.3. The molecule has 0 aromatic heterocycles. The van der Waals surface area contributed by atoms with Gasteiger partial charge in [0.15, 0.2) is 0 Å². The van der Waals surface area contributed by atoms with Crippen LogP contribution in [0.4, 0.5) is 15.3 Å². The predicted molar refractivity (Wildman–Crippen MR) is 74.7 cm³/mol. The second-order valence-electron chi connectivity index (χ2n) is 4.03. The molecule has 20 heavy (non-hydrogen) atoms. The average molecular weight is 295 g/mol. The lowest BCUT2D eigenvalue weighted by Gasteiger charge is -2.13. The number of anilines is 1. The van der Waals surface area contributed by atoms with E-state index in [9.17, 15) is 19.5 Å². The van der Waals surface area contributed by atoms with Gasteiger partial charge >= 0.3 is 6.03 Å². The van der Waals surface area contributed by atoms with Crippen molar-refractivity contribution in [2.45, 2.75) is 0 Å². The number of imide groups is 1. The molecule has 3 N–H and O–H groups in total. The van der Waals surface area contributed by atoms with Gasteiger partial charge in [-0.3, -0.25) is 14.5 Å². The Labute approximate surface area is 119 Å². The van der Waals surface area contributed by atoms with Gasteiger partial charge in [0.1, 0.15) is 5.75 Å². The molecule has 7 nitrogen and oxygen atoms in total. The molecule has 0 saturated carbocycles. The Balaban J connectivity index is 1.75. The summed E-state index contributed by atoms with van der Waals surface area (Å²) in [7, 11) is 0. The molecule has 1 saturated heterocycles. The summed E-state index contributed by atoms with van der Waals surface area (Å²) in [5, 5.41) is 14.0. The Bertz CT molecular complexity index is 533. The largest absolute Gasteiger partial charge is 0.508 e. The third kappa shape index (κ3) is 3.64. The maximum absolute atomic E-state index is 11.6. The number of rotatable bonds is 4. The van der Waals surface area contributed by atoms with Crippen LogP contribution in [0, 0.1) is 0 Å².